The molecule has 3 aromatic rings. The molecular formula is C20H17NO5S. The lowest BCUT2D eigenvalue weighted by Gasteiger charge is -2.12. The molecule has 0 aliphatic heterocycles. The molecule has 0 unspecified atom stereocenters. The Kier molecular flexibility index (Phi) is 5.42. The topological polar surface area (TPSA) is 81.7 Å². The highest BCUT2D eigenvalue weighted by atomic mass is 32.2. The van der Waals surface area contributed by atoms with Crippen LogP contribution in [0.4, 0.5) is 5.69 Å². The summed E-state index contributed by atoms with van der Waals surface area (Å²) in [6.07, 6.45) is 0. The lowest BCUT2D eigenvalue weighted by molar-refractivity contribution is 0.0602. The van der Waals surface area contributed by atoms with Gasteiger partial charge in [-0.05, 0) is 48.5 Å². The number of para-hydroxylation sites is 2. The van der Waals surface area contributed by atoms with E-state index in [1.54, 1.807) is 36.4 Å². The van der Waals surface area contributed by atoms with E-state index in [0.29, 0.717) is 11.5 Å². The molecule has 0 amide bonds. The molecule has 138 valence electrons. The van der Waals surface area contributed by atoms with Crippen LogP contribution in [-0.2, 0) is 14.8 Å². The van der Waals surface area contributed by atoms with Crippen LogP contribution in [0.25, 0.3) is 0 Å². The van der Waals surface area contributed by atoms with Crippen LogP contribution in [0.15, 0.2) is 83.8 Å². The number of nitrogens with one attached hydrogen (secondary N) is 1. The number of hydrogen-bond donors (Lipinski definition) is 1. The molecule has 7 heteroatoms. The average Bonchev–Trinajstić information content (AvgIpc) is 2.69. The maximum atomic E-state index is 12.6. The number of ether oxygens (including phenoxy) is 2. The highest BCUT2D eigenvalue weighted by Crippen LogP contribution is 2.25. The summed E-state index contributed by atoms with van der Waals surface area (Å²) in [4.78, 5) is 11.8. The van der Waals surface area contributed by atoms with Crippen molar-refractivity contribution in [2.45, 2.75) is 4.90 Å². The molecule has 0 aliphatic carbocycles. The number of anilines is 1. The molecule has 0 aromatic heterocycles. The van der Waals surface area contributed by atoms with Crippen molar-refractivity contribution in [3.8, 4) is 11.5 Å². The van der Waals surface area contributed by atoms with Crippen LogP contribution in [0, 0.1) is 0 Å². The first kappa shape index (κ1) is 18.5. The van der Waals surface area contributed by atoms with Crippen molar-refractivity contribution in [1.82, 2.24) is 0 Å². The molecule has 0 fully saturated rings. The van der Waals surface area contributed by atoms with E-state index in [2.05, 4.69) is 9.46 Å². The zero-order valence-corrected chi connectivity index (χ0v) is 15.3. The summed E-state index contributed by atoms with van der Waals surface area (Å²) in [6.45, 7) is 0. The molecule has 0 spiro atoms. The average molecular weight is 383 g/mol. The van der Waals surface area contributed by atoms with E-state index < -0.39 is 16.0 Å². The van der Waals surface area contributed by atoms with Gasteiger partial charge in [0.05, 0.1) is 23.3 Å². The predicted octanol–water partition coefficient (Wildman–Crippen LogP) is 4.07. The minimum atomic E-state index is -3.88. The summed E-state index contributed by atoms with van der Waals surface area (Å²) >= 11 is 0. The van der Waals surface area contributed by atoms with Crippen molar-refractivity contribution in [2.75, 3.05) is 11.8 Å². The van der Waals surface area contributed by atoms with Crippen LogP contribution in [0.3, 0.4) is 0 Å². The SMILES string of the molecule is COC(=O)c1ccccc1NS(=O)(=O)c1ccc(Oc2ccccc2)cc1. The molecule has 0 saturated carbocycles. The van der Waals surface area contributed by atoms with E-state index in [1.807, 2.05) is 18.2 Å². The van der Waals surface area contributed by atoms with E-state index >= 15 is 0 Å². The van der Waals surface area contributed by atoms with Crippen LogP contribution in [0.2, 0.25) is 0 Å². The Bertz CT molecular complexity index is 1030. The van der Waals surface area contributed by atoms with Crippen molar-refractivity contribution in [3.05, 3.63) is 84.4 Å². The monoisotopic (exact) mass is 383 g/mol. The van der Waals surface area contributed by atoms with Gasteiger partial charge in [-0.3, -0.25) is 4.72 Å². The highest BCUT2D eigenvalue weighted by molar-refractivity contribution is 7.92. The first-order valence-corrected chi connectivity index (χ1v) is 9.51. The third kappa shape index (κ3) is 4.45. The van der Waals surface area contributed by atoms with Gasteiger partial charge in [-0.1, -0.05) is 30.3 Å². The summed E-state index contributed by atoms with van der Waals surface area (Å²) in [7, 11) is -2.65. The quantitative estimate of drug-likeness (QED) is 0.649. The standard InChI is InChI=1S/C20H17NO5S/c1-25-20(22)18-9-5-6-10-19(18)21-27(23,24)17-13-11-16(12-14-17)26-15-7-3-2-4-8-15/h2-14,21H,1H3. The maximum Gasteiger partial charge on any atom is 0.339 e. The second-order valence-corrected chi connectivity index (χ2v) is 7.21. The second kappa shape index (κ2) is 7.92. The lowest BCUT2D eigenvalue weighted by atomic mass is 10.2. The van der Waals surface area contributed by atoms with Crippen LogP contribution in [-0.4, -0.2) is 21.5 Å². The first-order chi connectivity index (χ1) is 13.0. The Morgan fingerprint density at radius 2 is 1.41 bits per heavy atom. The number of rotatable bonds is 6. The molecule has 0 bridgehead atoms. The number of carbonyl (C=O) groups excluding carboxylic acids is 1. The van der Waals surface area contributed by atoms with Gasteiger partial charge in [0, 0.05) is 0 Å². The molecule has 0 aliphatic rings. The van der Waals surface area contributed by atoms with Crippen LogP contribution >= 0.6 is 0 Å². The van der Waals surface area contributed by atoms with Crippen molar-refractivity contribution in [2.24, 2.45) is 0 Å². The lowest BCUT2D eigenvalue weighted by Crippen LogP contribution is -2.16. The molecule has 1 N–H and O–H groups in total. The minimum Gasteiger partial charge on any atom is -0.465 e. The van der Waals surface area contributed by atoms with E-state index in [4.69, 9.17) is 4.74 Å². The van der Waals surface area contributed by atoms with Crippen molar-refractivity contribution in [3.63, 3.8) is 0 Å². The molecule has 3 aromatic carbocycles. The van der Waals surface area contributed by atoms with Gasteiger partial charge >= 0.3 is 5.97 Å². The van der Waals surface area contributed by atoms with Gasteiger partial charge in [0.25, 0.3) is 10.0 Å². The summed E-state index contributed by atoms with van der Waals surface area (Å²) in [5.74, 6) is 0.535. The van der Waals surface area contributed by atoms with E-state index in [0.717, 1.165) is 0 Å². The molecule has 27 heavy (non-hydrogen) atoms. The number of sulfonamides is 1. The molecule has 0 atom stereocenters. The summed E-state index contributed by atoms with van der Waals surface area (Å²) in [6, 6.07) is 21.4. The molecular weight excluding hydrogens is 366 g/mol. The van der Waals surface area contributed by atoms with E-state index in [-0.39, 0.29) is 16.1 Å². The maximum absolute atomic E-state index is 12.6. The molecule has 0 heterocycles. The zero-order valence-electron chi connectivity index (χ0n) is 14.5. The number of hydrogen-bond acceptors (Lipinski definition) is 5. The van der Waals surface area contributed by atoms with Gasteiger partial charge in [-0.25, -0.2) is 13.2 Å². The zero-order chi connectivity index (χ0) is 19.3. The van der Waals surface area contributed by atoms with Gasteiger partial charge < -0.3 is 9.47 Å². The fourth-order valence-electron chi connectivity index (χ4n) is 2.38. The summed E-state index contributed by atoms with van der Waals surface area (Å²) in [5.41, 5.74) is 0.279. The second-order valence-electron chi connectivity index (χ2n) is 5.53. The Labute approximate surface area is 157 Å². The van der Waals surface area contributed by atoms with Crippen molar-refractivity contribution in [1.29, 1.82) is 0 Å². The van der Waals surface area contributed by atoms with Gasteiger partial charge in [0.2, 0.25) is 0 Å². The summed E-state index contributed by atoms with van der Waals surface area (Å²) < 4.78 is 38.0. The normalized spacial score (nSPS) is 10.9. The minimum absolute atomic E-state index is 0.0441. The number of benzene rings is 3. The third-order valence-electron chi connectivity index (χ3n) is 3.69. The number of methoxy groups -OCH3 is 1. The largest absolute Gasteiger partial charge is 0.465 e. The first-order valence-electron chi connectivity index (χ1n) is 8.03. The highest BCUT2D eigenvalue weighted by Gasteiger charge is 2.19. The predicted molar refractivity (Wildman–Crippen MR) is 102 cm³/mol. The van der Waals surface area contributed by atoms with Crippen molar-refractivity contribution >= 4 is 21.7 Å². The molecule has 0 saturated heterocycles. The number of esters is 1. The van der Waals surface area contributed by atoms with E-state index in [1.165, 1.54) is 31.4 Å². The Hall–Kier alpha value is -3.32. The van der Waals surface area contributed by atoms with Crippen molar-refractivity contribution < 1.29 is 22.7 Å². The van der Waals surface area contributed by atoms with Gasteiger partial charge in [0.1, 0.15) is 11.5 Å². The van der Waals surface area contributed by atoms with Crippen LogP contribution < -0.4 is 9.46 Å². The fraction of sp³-hybridized carbons (Fsp3) is 0.0500. The van der Waals surface area contributed by atoms with Gasteiger partial charge in [-0.15, -0.1) is 0 Å². The van der Waals surface area contributed by atoms with Crippen LogP contribution in [0.1, 0.15) is 10.4 Å². The van der Waals surface area contributed by atoms with E-state index in [9.17, 15) is 13.2 Å². The smallest absolute Gasteiger partial charge is 0.339 e. The Morgan fingerprint density at radius 1 is 0.815 bits per heavy atom. The molecule has 3 rings (SSSR count). The third-order valence-corrected chi connectivity index (χ3v) is 5.07. The summed E-state index contributed by atoms with van der Waals surface area (Å²) in [5, 5.41) is 0. The number of carbonyl (C=O) groups is 1. The molecule has 0 radical (unpaired) electrons. The fourth-order valence-corrected chi connectivity index (χ4v) is 3.45. The van der Waals surface area contributed by atoms with Gasteiger partial charge in [-0.2, -0.15) is 0 Å². The van der Waals surface area contributed by atoms with Gasteiger partial charge in [0.15, 0.2) is 0 Å². The van der Waals surface area contributed by atoms with Crippen LogP contribution in [0.5, 0.6) is 11.5 Å². The Balaban J connectivity index is 1.81. The Morgan fingerprint density at radius 3 is 2.07 bits per heavy atom. The molecule has 6 nitrogen and oxygen atoms in total.